The van der Waals surface area contributed by atoms with Crippen molar-refractivity contribution in [2.24, 2.45) is 0 Å². The van der Waals surface area contributed by atoms with Crippen molar-refractivity contribution in [2.45, 2.75) is 0 Å². The molecule has 57 heavy (non-hydrogen) atoms. The van der Waals surface area contributed by atoms with Gasteiger partial charge in [-0.05, 0) is 76.9 Å². The van der Waals surface area contributed by atoms with E-state index in [4.69, 9.17) is 0 Å². The third-order valence-corrected chi connectivity index (χ3v) is 12.4. The molecule has 2 heterocycles. The number of nitrogens with zero attached hydrogens (tertiary/aromatic N) is 2. The van der Waals surface area contributed by atoms with Crippen LogP contribution in [0.4, 0.5) is 17.1 Å². The van der Waals surface area contributed by atoms with Gasteiger partial charge in [-0.15, -0.1) is 11.3 Å². The molecule has 0 aliphatic carbocycles. The molecule has 11 rings (SSSR count). The van der Waals surface area contributed by atoms with Crippen LogP contribution in [0.2, 0.25) is 0 Å². The van der Waals surface area contributed by atoms with E-state index >= 15 is 0 Å². The second kappa shape index (κ2) is 13.8. The quantitative estimate of drug-likeness (QED) is 0.158. The molecule has 0 aliphatic heterocycles. The third-order valence-electron chi connectivity index (χ3n) is 11.2. The topological polar surface area (TPSA) is 8.17 Å². The Hall–Kier alpha value is -7.20. The molecule has 0 amide bonds. The summed E-state index contributed by atoms with van der Waals surface area (Å²) in [6, 6.07) is 79.4. The molecule has 0 bridgehead atoms. The molecule has 0 fully saturated rings. The monoisotopic (exact) mass is 744 g/mol. The Morgan fingerprint density at radius 3 is 1.72 bits per heavy atom. The fourth-order valence-electron chi connectivity index (χ4n) is 8.68. The van der Waals surface area contributed by atoms with Gasteiger partial charge in [0.25, 0.3) is 0 Å². The average molecular weight is 745 g/mol. The lowest BCUT2D eigenvalue weighted by Gasteiger charge is -2.31. The number of fused-ring (bicyclic) bond motifs is 6. The van der Waals surface area contributed by atoms with Gasteiger partial charge in [0.15, 0.2) is 0 Å². The van der Waals surface area contributed by atoms with Gasteiger partial charge in [-0.25, -0.2) is 0 Å². The second-order valence-electron chi connectivity index (χ2n) is 14.5. The first-order chi connectivity index (χ1) is 28.3. The van der Waals surface area contributed by atoms with Crippen LogP contribution in [0.25, 0.3) is 81.0 Å². The van der Waals surface area contributed by atoms with Crippen molar-refractivity contribution in [3.63, 3.8) is 0 Å². The number of anilines is 3. The zero-order valence-electron chi connectivity index (χ0n) is 31.1. The van der Waals surface area contributed by atoms with Gasteiger partial charge in [-0.1, -0.05) is 164 Å². The van der Waals surface area contributed by atoms with E-state index in [0.29, 0.717) is 0 Å². The van der Waals surface area contributed by atoms with Gasteiger partial charge < -0.3 is 9.47 Å². The molecule has 9 aromatic carbocycles. The Bertz CT molecular complexity index is 3230. The maximum atomic E-state index is 2.51. The zero-order chi connectivity index (χ0) is 37.7. The van der Waals surface area contributed by atoms with Crippen LogP contribution in [0, 0.1) is 0 Å². The molecule has 3 heteroatoms. The van der Waals surface area contributed by atoms with E-state index < -0.39 is 0 Å². The predicted octanol–water partition coefficient (Wildman–Crippen LogP) is 15.6. The summed E-state index contributed by atoms with van der Waals surface area (Å²) in [5, 5.41) is 5.03. The van der Waals surface area contributed by atoms with E-state index in [1.807, 2.05) is 11.3 Å². The predicted molar refractivity (Wildman–Crippen MR) is 245 cm³/mol. The largest absolute Gasteiger partial charge is 0.309 e. The zero-order valence-corrected chi connectivity index (χ0v) is 31.9. The standard InChI is InChI=1S/C54H36N2S/c1-4-18-37(19-5-1)41-24-10-13-29-47(41)56(51-32-17-31-50-53(51)45-26-11-14-30-48(45)55(50)40-22-8-3-9-23-40)49-35-34-39(36-46(49)38-20-6-2-7-21-38)42-27-16-28-44-43-25-12-15-33-52(43)57-54(42)44/h1-36H. The Kier molecular flexibility index (Phi) is 8.04. The number of thiophene rings is 1. The van der Waals surface area contributed by atoms with Crippen LogP contribution in [-0.2, 0) is 0 Å². The fourth-order valence-corrected chi connectivity index (χ4v) is 9.92. The van der Waals surface area contributed by atoms with Crippen molar-refractivity contribution < 1.29 is 0 Å². The van der Waals surface area contributed by atoms with Gasteiger partial charge in [0, 0.05) is 47.8 Å². The maximum absolute atomic E-state index is 2.51. The summed E-state index contributed by atoms with van der Waals surface area (Å²) in [5.41, 5.74) is 14.0. The Morgan fingerprint density at radius 1 is 0.351 bits per heavy atom. The van der Waals surface area contributed by atoms with Crippen molar-refractivity contribution in [2.75, 3.05) is 4.90 Å². The number of rotatable bonds is 7. The molecule has 0 atom stereocenters. The van der Waals surface area contributed by atoms with Gasteiger partial charge in [-0.2, -0.15) is 0 Å². The van der Waals surface area contributed by atoms with Crippen molar-refractivity contribution in [1.82, 2.24) is 4.57 Å². The normalized spacial score (nSPS) is 11.5. The number of benzene rings is 9. The first-order valence-electron chi connectivity index (χ1n) is 19.4. The van der Waals surface area contributed by atoms with Crippen LogP contribution in [0.15, 0.2) is 218 Å². The van der Waals surface area contributed by atoms with Gasteiger partial charge in [0.2, 0.25) is 0 Å². The summed E-state index contributed by atoms with van der Waals surface area (Å²) in [7, 11) is 0. The molecule has 0 unspecified atom stereocenters. The van der Waals surface area contributed by atoms with E-state index in [-0.39, 0.29) is 0 Å². The summed E-state index contributed by atoms with van der Waals surface area (Å²) in [4.78, 5) is 2.51. The average Bonchev–Trinajstić information content (AvgIpc) is 3.84. The molecule has 268 valence electrons. The Morgan fingerprint density at radius 2 is 0.912 bits per heavy atom. The highest BCUT2D eigenvalue weighted by Crippen LogP contribution is 2.50. The highest BCUT2D eigenvalue weighted by molar-refractivity contribution is 7.26. The summed E-state index contributed by atoms with van der Waals surface area (Å²) in [5.74, 6) is 0. The summed E-state index contributed by atoms with van der Waals surface area (Å²) in [6.07, 6.45) is 0. The molecule has 0 saturated heterocycles. The van der Waals surface area contributed by atoms with Crippen molar-refractivity contribution in [3.05, 3.63) is 218 Å². The van der Waals surface area contributed by atoms with E-state index in [0.717, 1.165) is 33.8 Å². The number of hydrogen-bond acceptors (Lipinski definition) is 2. The smallest absolute Gasteiger partial charge is 0.0562 e. The van der Waals surface area contributed by atoms with Crippen LogP contribution >= 0.6 is 11.3 Å². The highest BCUT2D eigenvalue weighted by Gasteiger charge is 2.25. The fraction of sp³-hybridized carbons (Fsp3) is 0. The number of hydrogen-bond donors (Lipinski definition) is 0. The summed E-state index contributed by atoms with van der Waals surface area (Å²) < 4.78 is 5.03. The van der Waals surface area contributed by atoms with Gasteiger partial charge in [0.05, 0.1) is 28.1 Å². The number of aromatic nitrogens is 1. The minimum Gasteiger partial charge on any atom is -0.309 e. The molecule has 2 nitrogen and oxygen atoms in total. The molecule has 0 radical (unpaired) electrons. The van der Waals surface area contributed by atoms with Crippen molar-refractivity contribution in [3.8, 4) is 39.1 Å². The maximum Gasteiger partial charge on any atom is 0.0562 e. The second-order valence-corrected chi connectivity index (χ2v) is 15.5. The first-order valence-corrected chi connectivity index (χ1v) is 20.3. The minimum absolute atomic E-state index is 1.11. The Labute approximate surface area is 335 Å². The van der Waals surface area contributed by atoms with Crippen LogP contribution in [-0.4, -0.2) is 4.57 Å². The SMILES string of the molecule is c1ccc(-c2ccccc2N(c2ccc(-c3cccc4c3sc3ccccc34)cc2-c2ccccc2)c2cccc3c2c2ccccc2n3-c2ccccc2)cc1. The Balaban J connectivity index is 1.23. The molecule has 2 aromatic heterocycles. The molecule has 0 N–H and O–H groups in total. The first kappa shape index (κ1) is 33.2. The molecular weight excluding hydrogens is 709 g/mol. The molecule has 11 aromatic rings. The van der Waals surface area contributed by atoms with Crippen LogP contribution < -0.4 is 4.90 Å². The third kappa shape index (κ3) is 5.55. The van der Waals surface area contributed by atoms with Crippen LogP contribution in [0.1, 0.15) is 0 Å². The lowest BCUT2D eigenvalue weighted by Crippen LogP contribution is -2.13. The lowest BCUT2D eigenvalue weighted by molar-refractivity contribution is 1.18. The number of para-hydroxylation sites is 3. The minimum atomic E-state index is 1.11. The highest BCUT2D eigenvalue weighted by atomic mass is 32.1. The molecular formula is C54H36N2S. The van der Waals surface area contributed by atoms with Crippen LogP contribution in [0.5, 0.6) is 0 Å². The molecule has 0 saturated carbocycles. The molecule has 0 aliphatic rings. The van der Waals surface area contributed by atoms with Gasteiger partial charge in [0.1, 0.15) is 0 Å². The van der Waals surface area contributed by atoms with Gasteiger partial charge >= 0.3 is 0 Å². The summed E-state index contributed by atoms with van der Waals surface area (Å²) in [6.45, 7) is 0. The summed E-state index contributed by atoms with van der Waals surface area (Å²) >= 11 is 1.88. The van der Waals surface area contributed by atoms with E-state index in [9.17, 15) is 0 Å². The van der Waals surface area contributed by atoms with E-state index in [1.165, 1.54) is 64.3 Å². The van der Waals surface area contributed by atoms with Crippen LogP contribution in [0.3, 0.4) is 0 Å². The van der Waals surface area contributed by atoms with E-state index in [2.05, 4.69) is 228 Å². The van der Waals surface area contributed by atoms with Crippen molar-refractivity contribution in [1.29, 1.82) is 0 Å². The van der Waals surface area contributed by atoms with Gasteiger partial charge in [-0.3, -0.25) is 0 Å². The lowest BCUT2D eigenvalue weighted by atomic mass is 9.94. The molecule has 0 spiro atoms. The van der Waals surface area contributed by atoms with Crippen molar-refractivity contribution >= 4 is 70.4 Å². The van der Waals surface area contributed by atoms with E-state index in [1.54, 1.807) is 0 Å².